The molecule has 0 aliphatic heterocycles. The molecule has 3 aromatic carbocycles. The highest BCUT2D eigenvalue weighted by Crippen LogP contribution is 2.25. The van der Waals surface area contributed by atoms with E-state index in [0.717, 1.165) is 6.07 Å². The lowest BCUT2D eigenvalue weighted by molar-refractivity contribution is 0.0526. The van der Waals surface area contributed by atoms with Crippen LogP contribution in [0.1, 0.15) is 33.2 Å². The summed E-state index contributed by atoms with van der Waals surface area (Å²) in [4.78, 5) is 26.2. The number of ether oxygens (including phenoxy) is 1. The highest BCUT2D eigenvalue weighted by molar-refractivity contribution is 7.80. The summed E-state index contributed by atoms with van der Waals surface area (Å²) in [7, 11) is 0. The molecule has 0 aromatic heterocycles. The van der Waals surface area contributed by atoms with Gasteiger partial charge < -0.3 is 9.64 Å². The van der Waals surface area contributed by atoms with Gasteiger partial charge >= 0.3 is 5.97 Å². The first-order chi connectivity index (χ1) is 15.8. The van der Waals surface area contributed by atoms with Crippen molar-refractivity contribution in [1.82, 2.24) is 5.32 Å². The predicted octanol–water partition coefficient (Wildman–Crippen LogP) is 6.03. The van der Waals surface area contributed by atoms with Crippen molar-refractivity contribution in [3.8, 4) is 0 Å². The fourth-order valence-corrected chi connectivity index (χ4v) is 3.69. The molecule has 1 amide bonds. The third-order valence-corrected chi connectivity index (χ3v) is 5.50. The molecule has 3 rings (SSSR count). The van der Waals surface area contributed by atoms with Gasteiger partial charge in [0, 0.05) is 21.3 Å². The Morgan fingerprint density at radius 1 is 1.03 bits per heavy atom. The van der Waals surface area contributed by atoms with Gasteiger partial charge in [-0.2, -0.15) is 0 Å². The smallest absolute Gasteiger partial charge is 0.338 e. The number of rotatable bonds is 6. The summed E-state index contributed by atoms with van der Waals surface area (Å²) in [6, 6.07) is 16.9. The Balaban J connectivity index is 1.89. The summed E-state index contributed by atoms with van der Waals surface area (Å²) >= 11 is 17.8. The summed E-state index contributed by atoms with van der Waals surface area (Å²) in [5.41, 5.74) is 1.80. The van der Waals surface area contributed by atoms with E-state index in [1.165, 1.54) is 18.2 Å². The Morgan fingerprint density at radius 2 is 1.76 bits per heavy atom. The minimum atomic E-state index is -0.560. The highest BCUT2D eigenvalue weighted by atomic mass is 35.5. The van der Waals surface area contributed by atoms with E-state index in [2.05, 4.69) is 5.32 Å². The van der Waals surface area contributed by atoms with Crippen LogP contribution in [0.5, 0.6) is 0 Å². The van der Waals surface area contributed by atoms with Crippen LogP contribution in [0.25, 0.3) is 0 Å². The van der Waals surface area contributed by atoms with Gasteiger partial charge in [-0.15, -0.1) is 0 Å². The third-order valence-electron chi connectivity index (χ3n) is 4.59. The molecular formula is C24H19Cl2FN2O3S. The number of carbonyl (C=O) groups is 2. The number of benzene rings is 3. The topological polar surface area (TPSA) is 58.6 Å². The average Bonchev–Trinajstić information content (AvgIpc) is 2.79. The summed E-state index contributed by atoms with van der Waals surface area (Å²) in [5, 5.41) is 3.60. The number of halogens is 3. The molecule has 5 nitrogen and oxygen atoms in total. The number of nitrogens with zero attached hydrogens (tertiary/aromatic N) is 1. The van der Waals surface area contributed by atoms with Crippen molar-refractivity contribution in [3.05, 3.63) is 99.3 Å². The third kappa shape index (κ3) is 6.51. The van der Waals surface area contributed by atoms with E-state index in [1.54, 1.807) is 54.3 Å². The molecule has 9 heteroatoms. The van der Waals surface area contributed by atoms with Crippen LogP contribution in [-0.4, -0.2) is 23.6 Å². The fourth-order valence-electron chi connectivity index (χ4n) is 2.96. The van der Waals surface area contributed by atoms with Crippen molar-refractivity contribution in [2.75, 3.05) is 11.5 Å². The van der Waals surface area contributed by atoms with E-state index in [9.17, 15) is 14.0 Å². The molecule has 0 saturated carbocycles. The molecule has 170 valence electrons. The van der Waals surface area contributed by atoms with Gasteiger partial charge in [0.25, 0.3) is 5.91 Å². The van der Waals surface area contributed by atoms with Crippen LogP contribution < -0.4 is 10.2 Å². The van der Waals surface area contributed by atoms with Gasteiger partial charge in [0.2, 0.25) is 0 Å². The van der Waals surface area contributed by atoms with E-state index in [0.29, 0.717) is 26.9 Å². The van der Waals surface area contributed by atoms with Crippen LogP contribution in [-0.2, 0) is 11.3 Å². The molecule has 0 aliphatic carbocycles. The number of esters is 1. The lowest BCUT2D eigenvalue weighted by Gasteiger charge is -2.26. The Morgan fingerprint density at radius 3 is 2.39 bits per heavy atom. The van der Waals surface area contributed by atoms with Crippen molar-refractivity contribution >= 4 is 58.1 Å². The maximum Gasteiger partial charge on any atom is 0.338 e. The van der Waals surface area contributed by atoms with Crippen LogP contribution in [0.2, 0.25) is 10.0 Å². The SMILES string of the molecule is CCOC(=O)c1ccc(N(Cc2ccc(Cl)cc2Cl)C(=S)NC(=O)c2cccc(F)c2)cc1. The second kappa shape index (κ2) is 11.2. The van der Waals surface area contributed by atoms with Crippen molar-refractivity contribution in [2.45, 2.75) is 13.5 Å². The molecule has 0 spiro atoms. The second-order valence-corrected chi connectivity index (χ2v) is 8.09. The molecule has 0 heterocycles. The molecule has 0 aliphatic rings. The van der Waals surface area contributed by atoms with Crippen molar-refractivity contribution in [1.29, 1.82) is 0 Å². The lowest BCUT2D eigenvalue weighted by Crippen LogP contribution is -2.42. The number of anilines is 1. The van der Waals surface area contributed by atoms with Crippen LogP contribution >= 0.6 is 35.4 Å². The van der Waals surface area contributed by atoms with Crippen molar-refractivity contribution in [2.24, 2.45) is 0 Å². The van der Waals surface area contributed by atoms with Gasteiger partial charge in [-0.1, -0.05) is 35.3 Å². The molecule has 0 unspecified atom stereocenters. The van der Waals surface area contributed by atoms with Crippen molar-refractivity contribution in [3.63, 3.8) is 0 Å². The van der Waals surface area contributed by atoms with E-state index in [-0.39, 0.29) is 23.8 Å². The quantitative estimate of drug-likeness (QED) is 0.328. The summed E-state index contributed by atoms with van der Waals surface area (Å²) < 4.78 is 18.5. The van der Waals surface area contributed by atoms with Gasteiger partial charge in [-0.3, -0.25) is 10.1 Å². The minimum absolute atomic E-state index is 0.0687. The van der Waals surface area contributed by atoms with Crippen molar-refractivity contribution < 1.29 is 18.7 Å². The van der Waals surface area contributed by atoms with Gasteiger partial charge in [-0.25, -0.2) is 9.18 Å². The zero-order valence-corrected chi connectivity index (χ0v) is 19.8. The number of thiocarbonyl (C=S) groups is 1. The first-order valence-electron chi connectivity index (χ1n) is 9.88. The Kier molecular flexibility index (Phi) is 8.38. The van der Waals surface area contributed by atoms with Crippen LogP contribution in [0.15, 0.2) is 66.7 Å². The number of amides is 1. The number of carbonyl (C=O) groups excluding carboxylic acids is 2. The maximum atomic E-state index is 13.5. The monoisotopic (exact) mass is 504 g/mol. The molecule has 3 aromatic rings. The average molecular weight is 505 g/mol. The molecule has 33 heavy (non-hydrogen) atoms. The lowest BCUT2D eigenvalue weighted by atomic mass is 10.1. The summed E-state index contributed by atoms with van der Waals surface area (Å²) in [5.74, 6) is -1.54. The fraction of sp³-hybridized carbons (Fsp3) is 0.125. The summed E-state index contributed by atoms with van der Waals surface area (Å²) in [6.07, 6.45) is 0. The Bertz CT molecular complexity index is 1190. The van der Waals surface area contributed by atoms with Crippen LogP contribution in [0, 0.1) is 5.82 Å². The molecule has 0 radical (unpaired) electrons. The zero-order chi connectivity index (χ0) is 24.0. The van der Waals surface area contributed by atoms with E-state index < -0.39 is 17.7 Å². The van der Waals surface area contributed by atoms with Gasteiger partial charge in [0.15, 0.2) is 5.11 Å². The predicted molar refractivity (Wildman–Crippen MR) is 132 cm³/mol. The van der Waals surface area contributed by atoms with E-state index in [1.807, 2.05) is 0 Å². The number of hydrogen-bond donors (Lipinski definition) is 1. The molecular weight excluding hydrogens is 486 g/mol. The largest absolute Gasteiger partial charge is 0.462 e. The molecule has 0 fully saturated rings. The van der Waals surface area contributed by atoms with Gasteiger partial charge in [0.05, 0.1) is 18.7 Å². The van der Waals surface area contributed by atoms with Gasteiger partial charge in [-0.05, 0) is 79.3 Å². The molecule has 1 N–H and O–H groups in total. The normalized spacial score (nSPS) is 10.4. The first kappa shape index (κ1) is 24.6. The van der Waals surface area contributed by atoms with Gasteiger partial charge in [0.1, 0.15) is 5.82 Å². The standard InChI is InChI=1S/C24H19Cl2FN2O3S/c1-2-32-23(31)15-7-10-20(11-8-15)29(14-17-6-9-18(25)13-21(17)26)24(33)28-22(30)16-4-3-5-19(27)12-16/h3-13H,2,14H2,1H3,(H,28,30,33). The highest BCUT2D eigenvalue weighted by Gasteiger charge is 2.19. The zero-order valence-electron chi connectivity index (χ0n) is 17.5. The second-order valence-electron chi connectivity index (χ2n) is 6.86. The van der Waals surface area contributed by atoms with Crippen LogP contribution in [0.4, 0.5) is 10.1 Å². The Hall–Kier alpha value is -3.00. The molecule has 0 bridgehead atoms. The summed E-state index contributed by atoms with van der Waals surface area (Å²) in [6.45, 7) is 2.19. The molecule has 0 atom stereocenters. The number of nitrogens with one attached hydrogen (secondary N) is 1. The first-order valence-corrected chi connectivity index (χ1v) is 11.0. The maximum absolute atomic E-state index is 13.5. The van der Waals surface area contributed by atoms with E-state index in [4.69, 9.17) is 40.2 Å². The van der Waals surface area contributed by atoms with E-state index >= 15 is 0 Å². The Labute approximate surface area is 206 Å². The number of hydrogen-bond acceptors (Lipinski definition) is 4. The van der Waals surface area contributed by atoms with Crippen LogP contribution in [0.3, 0.4) is 0 Å². The minimum Gasteiger partial charge on any atom is -0.462 e. The molecule has 0 saturated heterocycles.